The number of hydrogen-bond donors (Lipinski definition) is 1. The van der Waals surface area contributed by atoms with E-state index in [-0.39, 0.29) is 23.7 Å². The molecule has 6 heteroatoms. The van der Waals surface area contributed by atoms with Crippen molar-refractivity contribution in [1.82, 2.24) is 15.2 Å². The highest BCUT2D eigenvalue weighted by Crippen LogP contribution is 2.32. The van der Waals surface area contributed by atoms with Crippen molar-refractivity contribution in [2.75, 3.05) is 13.1 Å². The Bertz CT molecular complexity index is 588. The third kappa shape index (κ3) is 3.79. The second-order valence-electron chi connectivity index (χ2n) is 7.00. The van der Waals surface area contributed by atoms with E-state index in [0.717, 1.165) is 62.3 Å². The average molecular weight is 350 g/mol. The SMILES string of the molecule is Cc1nc(CNC(=O)[C@@H]2CCCC[C@@H]2C(=O)N2CCCC2)sc1C. The normalized spacial score (nSPS) is 24.2. The molecule has 1 saturated carbocycles. The standard InChI is InChI=1S/C18H27N3O2S/c1-12-13(2)24-16(20-12)11-19-17(22)14-7-3-4-8-15(14)18(23)21-9-5-6-10-21/h14-15H,3-11H2,1-2H3,(H,19,22)/t14-,15+/m1/s1. The fourth-order valence-electron chi connectivity index (χ4n) is 3.82. The highest BCUT2D eigenvalue weighted by molar-refractivity contribution is 7.11. The van der Waals surface area contributed by atoms with Gasteiger partial charge in [0.1, 0.15) is 5.01 Å². The van der Waals surface area contributed by atoms with Gasteiger partial charge in [0.2, 0.25) is 11.8 Å². The largest absolute Gasteiger partial charge is 0.349 e. The predicted molar refractivity (Wildman–Crippen MR) is 94.7 cm³/mol. The van der Waals surface area contributed by atoms with Crippen LogP contribution in [0.3, 0.4) is 0 Å². The molecule has 24 heavy (non-hydrogen) atoms. The molecule has 2 atom stereocenters. The van der Waals surface area contributed by atoms with E-state index in [9.17, 15) is 9.59 Å². The summed E-state index contributed by atoms with van der Waals surface area (Å²) in [6.07, 6.45) is 5.96. The van der Waals surface area contributed by atoms with Crippen molar-refractivity contribution in [3.05, 3.63) is 15.6 Å². The van der Waals surface area contributed by atoms with Gasteiger partial charge >= 0.3 is 0 Å². The molecule has 1 aromatic heterocycles. The summed E-state index contributed by atoms with van der Waals surface area (Å²) < 4.78 is 0. The monoisotopic (exact) mass is 349 g/mol. The summed E-state index contributed by atoms with van der Waals surface area (Å²) in [5, 5.41) is 3.96. The molecule has 0 aromatic carbocycles. The molecule has 0 radical (unpaired) electrons. The first-order valence-corrected chi connectivity index (χ1v) is 9.87. The molecule has 1 aliphatic heterocycles. The third-order valence-electron chi connectivity index (χ3n) is 5.32. The first-order valence-electron chi connectivity index (χ1n) is 9.05. The molecule has 3 rings (SSSR count). The Labute approximate surface area is 147 Å². The fraction of sp³-hybridized carbons (Fsp3) is 0.722. The number of hydrogen-bond acceptors (Lipinski definition) is 4. The third-order valence-corrected chi connectivity index (χ3v) is 6.40. The Morgan fingerprint density at radius 1 is 1.12 bits per heavy atom. The van der Waals surface area contributed by atoms with Crippen LogP contribution in [0.25, 0.3) is 0 Å². The minimum Gasteiger partial charge on any atom is -0.349 e. The summed E-state index contributed by atoms with van der Waals surface area (Å²) in [6.45, 7) is 6.23. The summed E-state index contributed by atoms with van der Waals surface area (Å²) in [6, 6.07) is 0. The van der Waals surface area contributed by atoms with Gasteiger partial charge in [-0.25, -0.2) is 4.98 Å². The van der Waals surface area contributed by atoms with Gasteiger partial charge < -0.3 is 10.2 Å². The maximum atomic E-state index is 12.8. The van der Waals surface area contributed by atoms with Crippen LogP contribution in [-0.2, 0) is 16.1 Å². The van der Waals surface area contributed by atoms with Crippen LogP contribution in [0.5, 0.6) is 0 Å². The maximum Gasteiger partial charge on any atom is 0.226 e. The number of aromatic nitrogens is 1. The Hall–Kier alpha value is -1.43. The van der Waals surface area contributed by atoms with Crippen molar-refractivity contribution in [3.63, 3.8) is 0 Å². The van der Waals surface area contributed by atoms with Crippen molar-refractivity contribution in [3.8, 4) is 0 Å². The molecule has 132 valence electrons. The van der Waals surface area contributed by atoms with Crippen LogP contribution in [0.1, 0.15) is 54.1 Å². The molecule has 2 heterocycles. The number of carbonyl (C=O) groups excluding carboxylic acids is 2. The van der Waals surface area contributed by atoms with E-state index in [4.69, 9.17) is 0 Å². The maximum absolute atomic E-state index is 12.8. The molecular weight excluding hydrogens is 322 g/mol. The molecule has 0 unspecified atom stereocenters. The van der Waals surface area contributed by atoms with Gasteiger partial charge in [-0.15, -0.1) is 11.3 Å². The van der Waals surface area contributed by atoms with E-state index in [2.05, 4.69) is 10.3 Å². The van der Waals surface area contributed by atoms with Crippen molar-refractivity contribution in [1.29, 1.82) is 0 Å². The molecule has 1 aliphatic carbocycles. The van der Waals surface area contributed by atoms with E-state index in [1.807, 2.05) is 18.7 Å². The minimum absolute atomic E-state index is 0.0257. The van der Waals surface area contributed by atoms with E-state index in [1.54, 1.807) is 11.3 Å². The first-order chi connectivity index (χ1) is 11.6. The lowest BCUT2D eigenvalue weighted by molar-refractivity contribution is -0.142. The zero-order valence-electron chi connectivity index (χ0n) is 14.6. The molecule has 2 aliphatic rings. The Morgan fingerprint density at radius 3 is 2.42 bits per heavy atom. The number of nitrogens with zero attached hydrogens (tertiary/aromatic N) is 2. The predicted octanol–water partition coefficient (Wildman–Crippen LogP) is 2.80. The van der Waals surface area contributed by atoms with Gasteiger partial charge in [0.05, 0.1) is 12.2 Å². The van der Waals surface area contributed by atoms with Crippen LogP contribution >= 0.6 is 11.3 Å². The Balaban J connectivity index is 1.61. The van der Waals surface area contributed by atoms with Crippen molar-refractivity contribution < 1.29 is 9.59 Å². The highest BCUT2D eigenvalue weighted by Gasteiger charge is 2.38. The van der Waals surface area contributed by atoms with Gasteiger partial charge in [-0.2, -0.15) is 0 Å². The summed E-state index contributed by atoms with van der Waals surface area (Å²) in [7, 11) is 0. The van der Waals surface area contributed by atoms with E-state index >= 15 is 0 Å². The second kappa shape index (κ2) is 7.64. The van der Waals surface area contributed by atoms with Crippen LogP contribution in [0.4, 0.5) is 0 Å². The number of thiazole rings is 1. The summed E-state index contributed by atoms with van der Waals surface area (Å²) in [5.41, 5.74) is 1.03. The van der Waals surface area contributed by atoms with Crippen LogP contribution in [0.2, 0.25) is 0 Å². The number of rotatable bonds is 4. The number of likely N-dealkylation sites (tertiary alicyclic amines) is 1. The quantitative estimate of drug-likeness (QED) is 0.909. The molecule has 2 fully saturated rings. The lowest BCUT2D eigenvalue weighted by atomic mass is 9.78. The molecule has 1 N–H and O–H groups in total. The van der Waals surface area contributed by atoms with E-state index in [1.165, 1.54) is 4.88 Å². The molecule has 1 saturated heterocycles. The van der Waals surface area contributed by atoms with Crippen LogP contribution in [-0.4, -0.2) is 34.8 Å². The summed E-state index contributed by atoms with van der Waals surface area (Å²) in [5.74, 6) is -0.0725. The van der Waals surface area contributed by atoms with Crippen molar-refractivity contribution in [2.24, 2.45) is 11.8 Å². The fourth-order valence-corrected chi connectivity index (χ4v) is 4.69. The number of aryl methyl sites for hydroxylation is 2. The summed E-state index contributed by atoms with van der Waals surface area (Å²) in [4.78, 5) is 33.1. The Morgan fingerprint density at radius 2 is 1.79 bits per heavy atom. The van der Waals surface area contributed by atoms with Gasteiger partial charge in [0, 0.05) is 29.8 Å². The smallest absolute Gasteiger partial charge is 0.226 e. The molecule has 5 nitrogen and oxygen atoms in total. The van der Waals surface area contributed by atoms with Gasteiger partial charge in [0.15, 0.2) is 0 Å². The average Bonchev–Trinajstić information content (AvgIpc) is 3.22. The molecule has 0 spiro atoms. The number of nitrogens with one attached hydrogen (secondary N) is 1. The van der Waals surface area contributed by atoms with Crippen LogP contribution in [0.15, 0.2) is 0 Å². The van der Waals surface area contributed by atoms with Crippen molar-refractivity contribution in [2.45, 2.75) is 58.9 Å². The number of carbonyl (C=O) groups is 2. The second-order valence-corrected chi connectivity index (χ2v) is 8.28. The molecule has 1 aromatic rings. The summed E-state index contributed by atoms with van der Waals surface area (Å²) >= 11 is 1.63. The number of amides is 2. The first kappa shape index (κ1) is 17.4. The zero-order chi connectivity index (χ0) is 17.1. The molecular formula is C18H27N3O2S. The van der Waals surface area contributed by atoms with E-state index < -0.39 is 0 Å². The van der Waals surface area contributed by atoms with Crippen LogP contribution < -0.4 is 5.32 Å². The lowest BCUT2D eigenvalue weighted by Gasteiger charge is -2.32. The van der Waals surface area contributed by atoms with Gasteiger partial charge in [-0.1, -0.05) is 12.8 Å². The molecule has 0 bridgehead atoms. The highest BCUT2D eigenvalue weighted by atomic mass is 32.1. The van der Waals surface area contributed by atoms with Crippen molar-refractivity contribution >= 4 is 23.2 Å². The topological polar surface area (TPSA) is 62.3 Å². The van der Waals surface area contributed by atoms with Gasteiger partial charge in [-0.3, -0.25) is 9.59 Å². The minimum atomic E-state index is -0.172. The van der Waals surface area contributed by atoms with E-state index in [0.29, 0.717) is 6.54 Å². The Kier molecular flexibility index (Phi) is 5.54. The lowest BCUT2D eigenvalue weighted by Crippen LogP contribution is -2.44. The van der Waals surface area contributed by atoms with Gasteiger partial charge in [0.25, 0.3) is 0 Å². The van der Waals surface area contributed by atoms with Gasteiger partial charge in [-0.05, 0) is 39.5 Å². The zero-order valence-corrected chi connectivity index (χ0v) is 15.5. The molecule has 2 amide bonds. The van der Waals surface area contributed by atoms with Crippen LogP contribution in [0, 0.1) is 25.7 Å².